The summed E-state index contributed by atoms with van der Waals surface area (Å²) in [5, 5.41) is 3.58. The number of nitrogens with one attached hydrogen (secondary N) is 1. The molecule has 1 N–H and O–H groups in total. The van der Waals surface area contributed by atoms with Crippen LogP contribution in [0.25, 0.3) is 0 Å². The SMILES string of the molecule is CCc1ccccc1OCc1cc(CNC2CC2)sc1C. The molecule has 0 aliphatic heterocycles. The second-order valence-corrected chi connectivity index (χ2v) is 7.04. The first-order valence-corrected chi connectivity index (χ1v) is 8.60. The Hall–Kier alpha value is -1.32. The number of thiophene rings is 1. The minimum Gasteiger partial charge on any atom is -0.489 e. The monoisotopic (exact) mass is 301 g/mol. The molecule has 0 unspecified atom stereocenters. The van der Waals surface area contributed by atoms with Crippen LogP contribution >= 0.6 is 11.3 Å². The lowest BCUT2D eigenvalue weighted by Crippen LogP contribution is -2.14. The highest BCUT2D eigenvalue weighted by Gasteiger charge is 2.20. The van der Waals surface area contributed by atoms with Crippen molar-refractivity contribution in [1.82, 2.24) is 5.32 Å². The van der Waals surface area contributed by atoms with Crippen LogP contribution in [0.5, 0.6) is 5.75 Å². The van der Waals surface area contributed by atoms with Gasteiger partial charge in [-0.05, 0) is 43.9 Å². The van der Waals surface area contributed by atoms with Gasteiger partial charge in [-0.2, -0.15) is 0 Å². The van der Waals surface area contributed by atoms with Crippen LogP contribution in [0.15, 0.2) is 30.3 Å². The van der Waals surface area contributed by atoms with Crippen molar-refractivity contribution in [1.29, 1.82) is 0 Å². The van der Waals surface area contributed by atoms with Gasteiger partial charge in [-0.3, -0.25) is 0 Å². The zero-order chi connectivity index (χ0) is 14.7. The van der Waals surface area contributed by atoms with Crippen LogP contribution in [0.3, 0.4) is 0 Å². The molecule has 1 aliphatic carbocycles. The summed E-state index contributed by atoms with van der Waals surface area (Å²) in [6.07, 6.45) is 3.69. The largest absolute Gasteiger partial charge is 0.489 e. The van der Waals surface area contributed by atoms with Gasteiger partial charge in [-0.25, -0.2) is 0 Å². The minimum atomic E-state index is 0.669. The van der Waals surface area contributed by atoms with Crippen LogP contribution in [0.1, 0.15) is 40.6 Å². The molecular formula is C18H23NOS. The summed E-state index contributed by atoms with van der Waals surface area (Å²) in [6.45, 7) is 6.03. The van der Waals surface area contributed by atoms with Gasteiger partial charge in [-0.1, -0.05) is 25.1 Å². The standard InChI is InChI=1S/C18H23NOS/c1-3-14-6-4-5-7-18(14)20-12-15-10-17(21-13(15)2)11-19-16-8-9-16/h4-7,10,16,19H,3,8-9,11-12H2,1-2H3. The summed E-state index contributed by atoms with van der Waals surface area (Å²) in [5.41, 5.74) is 2.60. The van der Waals surface area contributed by atoms with Gasteiger partial charge in [0.05, 0.1) is 0 Å². The fraction of sp³-hybridized carbons (Fsp3) is 0.444. The zero-order valence-electron chi connectivity index (χ0n) is 12.8. The lowest BCUT2D eigenvalue weighted by Gasteiger charge is -2.09. The number of hydrogen-bond acceptors (Lipinski definition) is 3. The molecule has 1 aromatic heterocycles. The molecule has 0 spiro atoms. The first-order valence-electron chi connectivity index (χ1n) is 7.78. The van der Waals surface area contributed by atoms with Crippen LogP contribution in [-0.2, 0) is 19.6 Å². The van der Waals surface area contributed by atoms with E-state index in [4.69, 9.17) is 4.74 Å². The minimum absolute atomic E-state index is 0.669. The maximum absolute atomic E-state index is 6.03. The second kappa shape index (κ2) is 6.63. The fourth-order valence-corrected chi connectivity index (χ4v) is 3.44. The maximum Gasteiger partial charge on any atom is 0.122 e. The van der Waals surface area contributed by atoms with Crippen LogP contribution in [0, 0.1) is 6.92 Å². The molecule has 1 fully saturated rings. The van der Waals surface area contributed by atoms with Gasteiger partial charge in [0.1, 0.15) is 12.4 Å². The summed E-state index contributed by atoms with van der Waals surface area (Å²) in [4.78, 5) is 2.79. The van der Waals surface area contributed by atoms with Crippen LogP contribution in [0.4, 0.5) is 0 Å². The Balaban J connectivity index is 1.61. The molecule has 112 valence electrons. The van der Waals surface area contributed by atoms with Gasteiger partial charge in [0.15, 0.2) is 0 Å². The normalized spacial score (nSPS) is 14.4. The molecule has 3 rings (SSSR count). The third-order valence-corrected chi connectivity index (χ3v) is 5.04. The van der Waals surface area contributed by atoms with Gasteiger partial charge in [0, 0.05) is 27.9 Å². The highest BCUT2D eigenvalue weighted by molar-refractivity contribution is 7.12. The van der Waals surface area contributed by atoms with Gasteiger partial charge < -0.3 is 10.1 Å². The van der Waals surface area contributed by atoms with E-state index in [9.17, 15) is 0 Å². The Morgan fingerprint density at radius 1 is 1.24 bits per heavy atom. The first kappa shape index (κ1) is 14.6. The van der Waals surface area contributed by atoms with Crippen LogP contribution < -0.4 is 10.1 Å². The zero-order valence-corrected chi connectivity index (χ0v) is 13.6. The van der Waals surface area contributed by atoms with Crippen molar-refractivity contribution in [3.63, 3.8) is 0 Å². The maximum atomic E-state index is 6.03. The highest BCUT2D eigenvalue weighted by Crippen LogP contribution is 2.26. The average Bonchev–Trinajstić information content (AvgIpc) is 3.27. The molecule has 0 atom stereocenters. The van der Waals surface area contributed by atoms with Crippen molar-refractivity contribution < 1.29 is 4.74 Å². The average molecular weight is 301 g/mol. The smallest absolute Gasteiger partial charge is 0.122 e. The molecule has 21 heavy (non-hydrogen) atoms. The van der Waals surface area contributed by atoms with Crippen molar-refractivity contribution in [3.05, 3.63) is 51.2 Å². The predicted octanol–water partition coefficient (Wildman–Crippen LogP) is 4.45. The lowest BCUT2D eigenvalue weighted by atomic mass is 10.1. The molecule has 1 saturated carbocycles. The van der Waals surface area contributed by atoms with Crippen molar-refractivity contribution in [2.45, 2.75) is 52.3 Å². The molecule has 0 saturated heterocycles. The third kappa shape index (κ3) is 3.86. The number of ether oxygens (including phenoxy) is 1. The summed E-state index contributed by atoms with van der Waals surface area (Å²) in [5.74, 6) is 1.02. The van der Waals surface area contributed by atoms with Crippen molar-refractivity contribution in [2.24, 2.45) is 0 Å². The quantitative estimate of drug-likeness (QED) is 0.816. The molecule has 3 heteroatoms. The molecule has 1 aromatic carbocycles. The first-order chi connectivity index (χ1) is 10.3. The van der Waals surface area contributed by atoms with Gasteiger partial charge in [0.2, 0.25) is 0 Å². The molecule has 2 nitrogen and oxygen atoms in total. The third-order valence-electron chi connectivity index (χ3n) is 3.95. The Bertz CT molecular complexity index is 601. The Kier molecular flexibility index (Phi) is 4.61. The number of rotatable bonds is 7. The number of hydrogen-bond donors (Lipinski definition) is 1. The van der Waals surface area contributed by atoms with Gasteiger partial charge in [-0.15, -0.1) is 11.3 Å². The molecule has 2 aromatic rings. The van der Waals surface area contributed by atoms with Crippen LogP contribution in [0.2, 0.25) is 0 Å². The van der Waals surface area contributed by atoms with Crippen molar-refractivity contribution in [3.8, 4) is 5.75 Å². The lowest BCUT2D eigenvalue weighted by molar-refractivity contribution is 0.303. The predicted molar refractivity (Wildman–Crippen MR) is 89.1 cm³/mol. The van der Waals surface area contributed by atoms with E-state index in [-0.39, 0.29) is 0 Å². The van der Waals surface area contributed by atoms with E-state index in [2.05, 4.69) is 43.4 Å². The molecule has 0 bridgehead atoms. The Morgan fingerprint density at radius 3 is 2.81 bits per heavy atom. The molecular weight excluding hydrogens is 278 g/mol. The van der Waals surface area contributed by atoms with E-state index in [0.717, 1.165) is 24.8 Å². The molecule has 1 heterocycles. The Morgan fingerprint density at radius 2 is 2.05 bits per heavy atom. The van der Waals surface area contributed by atoms with Crippen molar-refractivity contribution >= 4 is 11.3 Å². The highest BCUT2D eigenvalue weighted by atomic mass is 32.1. The number of aryl methyl sites for hydroxylation is 2. The van der Waals surface area contributed by atoms with E-state index in [1.807, 2.05) is 17.4 Å². The van der Waals surface area contributed by atoms with E-state index in [0.29, 0.717) is 6.61 Å². The molecule has 1 aliphatic rings. The van der Waals surface area contributed by atoms with E-state index in [1.165, 1.54) is 33.7 Å². The number of para-hydroxylation sites is 1. The van der Waals surface area contributed by atoms with E-state index >= 15 is 0 Å². The number of benzene rings is 1. The van der Waals surface area contributed by atoms with Gasteiger partial charge >= 0.3 is 0 Å². The van der Waals surface area contributed by atoms with Crippen LogP contribution in [-0.4, -0.2) is 6.04 Å². The summed E-state index contributed by atoms with van der Waals surface area (Å²) >= 11 is 1.89. The summed E-state index contributed by atoms with van der Waals surface area (Å²) < 4.78 is 6.03. The summed E-state index contributed by atoms with van der Waals surface area (Å²) in [6, 6.07) is 11.4. The molecule has 0 amide bonds. The van der Waals surface area contributed by atoms with E-state index in [1.54, 1.807) is 0 Å². The Labute approximate surface area is 131 Å². The molecule has 0 radical (unpaired) electrons. The summed E-state index contributed by atoms with van der Waals surface area (Å²) in [7, 11) is 0. The topological polar surface area (TPSA) is 21.3 Å². The second-order valence-electron chi connectivity index (χ2n) is 5.70. The van der Waals surface area contributed by atoms with E-state index < -0.39 is 0 Å². The fourth-order valence-electron chi connectivity index (χ4n) is 2.44. The van der Waals surface area contributed by atoms with Gasteiger partial charge in [0.25, 0.3) is 0 Å². The van der Waals surface area contributed by atoms with Crippen molar-refractivity contribution in [2.75, 3.05) is 0 Å².